The van der Waals surface area contributed by atoms with Crippen LogP contribution in [0.3, 0.4) is 0 Å². The van der Waals surface area contributed by atoms with Gasteiger partial charge in [-0.1, -0.05) is 58.9 Å². The van der Waals surface area contributed by atoms with Crippen LogP contribution in [-0.4, -0.2) is 49.8 Å². The lowest BCUT2D eigenvalue weighted by molar-refractivity contribution is -0.249. The van der Waals surface area contributed by atoms with E-state index in [0.717, 1.165) is 44.9 Å². The molecule has 5 aliphatic carbocycles. The van der Waals surface area contributed by atoms with Crippen LogP contribution in [0.5, 0.6) is 0 Å². The molecule has 5 aliphatic rings. The molecule has 0 bridgehead atoms. The van der Waals surface area contributed by atoms with Crippen LogP contribution in [0.1, 0.15) is 126 Å². The zero-order valence-electron chi connectivity index (χ0n) is 33.1. The van der Waals surface area contributed by atoms with Crippen molar-refractivity contribution in [2.45, 2.75) is 112 Å². The standard InChI is InChI=1S/C45H58N4O5/c1-29(2)30-14-19-45(26-53-39(51)32-11-9-8-10-31(32)38(50)48-24-22-46-27-48)21-20-43(6)33(37(30)45)12-13-35-42(5)17-16-36(54-40(52)49-25-23-47-28-49)41(3,4)34(42)15-18-44(35,43)7/h8-11,22-25,27-28,30,33-37H,1,12-21,26H2,2-7H3/t30-,33+,34?,35?,36-,37?,42-,43+,44+,45+/m0/s1. The number of hydrogen-bond acceptors (Lipinski definition) is 7. The summed E-state index contributed by atoms with van der Waals surface area (Å²) in [4.78, 5) is 48.3. The van der Waals surface area contributed by atoms with Gasteiger partial charge in [0.05, 0.1) is 17.7 Å². The molecule has 8 rings (SSSR count). The summed E-state index contributed by atoms with van der Waals surface area (Å²) in [6.07, 6.45) is 19.8. The lowest BCUT2D eigenvalue weighted by Crippen LogP contribution is -2.67. The van der Waals surface area contributed by atoms with E-state index in [2.05, 4.69) is 58.1 Å². The molecule has 0 saturated heterocycles. The van der Waals surface area contributed by atoms with E-state index in [1.165, 1.54) is 46.6 Å². The van der Waals surface area contributed by atoms with Gasteiger partial charge >= 0.3 is 12.1 Å². The van der Waals surface area contributed by atoms with Gasteiger partial charge in [-0.2, -0.15) is 0 Å². The van der Waals surface area contributed by atoms with E-state index in [9.17, 15) is 14.4 Å². The first kappa shape index (κ1) is 36.9. The highest BCUT2D eigenvalue weighted by Gasteiger charge is 2.71. The van der Waals surface area contributed by atoms with Crippen molar-refractivity contribution in [1.82, 2.24) is 19.1 Å². The van der Waals surface area contributed by atoms with Crippen LogP contribution in [0, 0.1) is 56.7 Å². The highest BCUT2D eigenvalue weighted by Crippen LogP contribution is 2.77. The second kappa shape index (κ2) is 13.0. The molecule has 54 heavy (non-hydrogen) atoms. The molecule has 0 spiro atoms. The molecule has 5 saturated carbocycles. The average molecular weight is 735 g/mol. The van der Waals surface area contributed by atoms with E-state index in [4.69, 9.17) is 9.47 Å². The minimum Gasteiger partial charge on any atom is -0.461 e. The fourth-order valence-corrected chi connectivity index (χ4v) is 13.9. The summed E-state index contributed by atoms with van der Waals surface area (Å²) in [6.45, 7) is 19.6. The molecule has 0 amide bonds. The number of nitrogens with zero attached hydrogens (tertiary/aromatic N) is 4. The lowest BCUT2D eigenvalue weighted by atomic mass is 9.32. The summed E-state index contributed by atoms with van der Waals surface area (Å²) in [5.41, 5.74) is 2.06. The Morgan fingerprint density at radius 1 is 0.796 bits per heavy atom. The molecule has 10 atom stereocenters. The number of fused-ring (bicyclic) bond motifs is 7. The van der Waals surface area contributed by atoms with E-state index >= 15 is 0 Å². The molecular formula is C45H58N4O5. The third-order valence-electron chi connectivity index (χ3n) is 16.7. The third-order valence-corrected chi connectivity index (χ3v) is 16.7. The van der Waals surface area contributed by atoms with Crippen molar-refractivity contribution < 1.29 is 23.9 Å². The van der Waals surface area contributed by atoms with Crippen LogP contribution in [-0.2, 0) is 9.47 Å². The number of allylic oxidation sites excluding steroid dienone is 1. The molecule has 0 radical (unpaired) electrons. The molecule has 2 heterocycles. The third kappa shape index (κ3) is 5.41. The maximum Gasteiger partial charge on any atom is 0.419 e. The van der Waals surface area contributed by atoms with E-state index in [-0.39, 0.29) is 45.2 Å². The molecule has 0 aliphatic heterocycles. The fourth-order valence-electron chi connectivity index (χ4n) is 13.9. The fraction of sp³-hybridized carbons (Fsp3) is 0.622. The second-order valence-corrected chi connectivity index (χ2v) is 19.1. The van der Waals surface area contributed by atoms with Gasteiger partial charge in [0.1, 0.15) is 18.8 Å². The van der Waals surface area contributed by atoms with Crippen molar-refractivity contribution in [2.24, 2.45) is 56.7 Å². The Morgan fingerprint density at radius 3 is 2.19 bits per heavy atom. The number of esters is 1. The van der Waals surface area contributed by atoms with E-state index in [1.807, 2.05) is 0 Å². The smallest absolute Gasteiger partial charge is 0.419 e. The van der Waals surface area contributed by atoms with Gasteiger partial charge in [0, 0.05) is 35.6 Å². The van der Waals surface area contributed by atoms with Crippen molar-refractivity contribution in [3.05, 3.63) is 85.0 Å². The average Bonchev–Trinajstić information content (AvgIpc) is 3.94. The number of rotatable bonds is 6. The quantitative estimate of drug-likeness (QED) is 0.183. The Bertz CT molecular complexity index is 1940. The molecule has 2 aromatic heterocycles. The molecule has 3 aromatic rings. The number of ether oxygens (including phenoxy) is 2. The Morgan fingerprint density at radius 2 is 1.50 bits per heavy atom. The zero-order chi connectivity index (χ0) is 38.3. The van der Waals surface area contributed by atoms with E-state index in [0.29, 0.717) is 47.3 Å². The molecule has 5 fully saturated rings. The van der Waals surface area contributed by atoms with Gasteiger partial charge in [-0.15, -0.1) is 0 Å². The summed E-state index contributed by atoms with van der Waals surface area (Å²) in [7, 11) is 0. The van der Waals surface area contributed by atoms with Gasteiger partial charge in [0.15, 0.2) is 0 Å². The first-order chi connectivity index (χ1) is 25.7. The first-order valence-corrected chi connectivity index (χ1v) is 20.3. The predicted molar refractivity (Wildman–Crippen MR) is 206 cm³/mol. The topological polar surface area (TPSA) is 105 Å². The Balaban J connectivity index is 1.04. The van der Waals surface area contributed by atoms with Crippen LogP contribution in [0.4, 0.5) is 4.79 Å². The van der Waals surface area contributed by atoms with Gasteiger partial charge in [0.2, 0.25) is 0 Å². The van der Waals surface area contributed by atoms with Gasteiger partial charge in [0.25, 0.3) is 5.91 Å². The summed E-state index contributed by atoms with van der Waals surface area (Å²) >= 11 is 0. The molecule has 288 valence electrons. The largest absolute Gasteiger partial charge is 0.461 e. The Kier molecular flexibility index (Phi) is 8.93. The summed E-state index contributed by atoms with van der Waals surface area (Å²) in [6, 6.07) is 6.95. The number of imidazole rings is 2. The molecule has 0 N–H and O–H groups in total. The normalized spacial score (nSPS) is 37.9. The number of carbonyl (C=O) groups is 3. The van der Waals surface area contributed by atoms with Gasteiger partial charge in [-0.3, -0.25) is 9.36 Å². The SMILES string of the molecule is C=C(C)[C@@H]1CC[C@]2(COC(=O)c3ccccc3C(=O)n3ccnc3)CC[C@]3(C)[C@H](CCC4[C@@]5(C)CC[C@H](OC(=O)n6ccnc6)C(C)(C)C5CC[C@]43C)C12. The van der Waals surface area contributed by atoms with Crippen molar-refractivity contribution in [3.8, 4) is 0 Å². The number of aromatic nitrogens is 4. The zero-order valence-corrected chi connectivity index (χ0v) is 33.1. The van der Waals surface area contributed by atoms with E-state index in [1.54, 1.807) is 49.1 Å². The maximum atomic E-state index is 13.9. The summed E-state index contributed by atoms with van der Waals surface area (Å²) in [5, 5.41) is 0. The minimum atomic E-state index is -0.435. The minimum absolute atomic E-state index is 0.115. The molecule has 3 unspecified atom stereocenters. The van der Waals surface area contributed by atoms with Crippen molar-refractivity contribution in [3.63, 3.8) is 0 Å². The number of hydrogen-bond donors (Lipinski definition) is 0. The van der Waals surface area contributed by atoms with E-state index < -0.39 is 5.97 Å². The molecule has 1 aromatic carbocycles. The van der Waals surface area contributed by atoms with Gasteiger partial charge in [-0.05, 0) is 129 Å². The predicted octanol–water partition coefficient (Wildman–Crippen LogP) is 9.64. The number of carbonyl (C=O) groups excluding carboxylic acids is 3. The van der Waals surface area contributed by atoms with Crippen molar-refractivity contribution in [1.29, 1.82) is 0 Å². The first-order valence-electron chi connectivity index (χ1n) is 20.3. The highest BCUT2D eigenvalue weighted by molar-refractivity contribution is 6.06. The lowest BCUT2D eigenvalue weighted by Gasteiger charge is -2.73. The van der Waals surface area contributed by atoms with Crippen LogP contribution >= 0.6 is 0 Å². The summed E-state index contributed by atoms with van der Waals surface area (Å²) in [5.74, 6) is 1.60. The van der Waals surface area contributed by atoms with Gasteiger partial charge < -0.3 is 9.47 Å². The molecule has 9 nitrogen and oxygen atoms in total. The highest BCUT2D eigenvalue weighted by atomic mass is 16.6. The monoisotopic (exact) mass is 734 g/mol. The van der Waals surface area contributed by atoms with Crippen LogP contribution in [0.25, 0.3) is 0 Å². The van der Waals surface area contributed by atoms with Crippen LogP contribution < -0.4 is 0 Å². The number of benzene rings is 1. The van der Waals surface area contributed by atoms with Crippen LogP contribution in [0.15, 0.2) is 73.9 Å². The molecular weight excluding hydrogens is 677 g/mol. The van der Waals surface area contributed by atoms with Crippen molar-refractivity contribution >= 4 is 18.0 Å². The van der Waals surface area contributed by atoms with Crippen molar-refractivity contribution in [2.75, 3.05) is 6.61 Å². The Labute approximate surface area is 320 Å². The van der Waals surface area contributed by atoms with Gasteiger partial charge in [-0.25, -0.2) is 24.1 Å². The molecule has 9 heteroatoms. The Hall–Kier alpha value is -4.01. The van der Waals surface area contributed by atoms with Crippen LogP contribution in [0.2, 0.25) is 0 Å². The second-order valence-electron chi connectivity index (χ2n) is 19.1. The maximum absolute atomic E-state index is 13.9. The summed E-state index contributed by atoms with van der Waals surface area (Å²) < 4.78 is 15.4.